The minimum Gasteiger partial charge on any atom is -0.475 e. The number of hydrogen-bond acceptors (Lipinski definition) is 5. The van der Waals surface area contributed by atoms with Crippen LogP contribution in [0.25, 0.3) is 0 Å². The van der Waals surface area contributed by atoms with Gasteiger partial charge in [0.1, 0.15) is 12.1 Å². The highest BCUT2D eigenvalue weighted by molar-refractivity contribution is 6.36. The SMILES string of the molecule is O=C(N[C@@H](Cc1cccnc1)C(=O)N1CCC[C@H]1C(=O)NCc1ccccc1)c1ccc(Cl)cc1Cl.O=C(O)C(F)(F)F. The number of carboxylic acids is 1. The van der Waals surface area contributed by atoms with Crippen LogP contribution in [0.15, 0.2) is 73.1 Å². The number of amides is 3. The second-order valence-corrected chi connectivity index (χ2v) is 10.3. The number of halogens is 5. The predicted molar refractivity (Wildman–Crippen MR) is 152 cm³/mol. The van der Waals surface area contributed by atoms with Crippen molar-refractivity contribution in [1.82, 2.24) is 20.5 Å². The molecule has 1 fully saturated rings. The van der Waals surface area contributed by atoms with E-state index in [1.807, 2.05) is 36.4 Å². The van der Waals surface area contributed by atoms with E-state index in [0.29, 0.717) is 31.0 Å². The van der Waals surface area contributed by atoms with Crippen molar-refractivity contribution in [2.45, 2.75) is 44.1 Å². The van der Waals surface area contributed by atoms with Gasteiger partial charge in [0.15, 0.2) is 0 Å². The van der Waals surface area contributed by atoms with Gasteiger partial charge in [0.25, 0.3) is 5.91 Å². The fraction of sp³-hybridized carbons (Fsp3) is 0.276. The third-order valence-corrected chi connectivity index (χ3v) is 6.88. The van der Waals surface area contributed by atoms with Crippen LogP contribution in [0.3, 0.4) is 0 Å². The summed E-state index contributed by atoms with van der Waals surface area (Å²) >= 11 is 12.2. The van der Waals surface area contributed by atoms with Crippen molar-refractivity contribution in [3.63, 3.8) is 0 Å². The average Bonchev–Trinajstić information content (AvgIpc) is 3.46. The fourth-order valence-electron chi connectivity index (χ4n) is 4.27. The van der Waals surface area contributed by atoms with Crippen molar-refractivity contribution in [2.75, 3.05) is 6.54 Å². The molecule has 3 aromatic rings. The number of nitrogens with one attached hydrogen (secondary N) is 2. The van der Waals surface area contributed by atoms with Crippen LogP contribution >= 0.6 is 23.2 Å². The van der Waals surface area contributed by atoms with E-state index in [1.54, 1.807) is 29.4 Å². The van der Waals surface area contributed by atoms with Crippen LogP contribution in [-0.2, 0) is 27.3 Å². The van der Waals surface area contributed by atoms with Gasteiger partial charge in [-0.25, -0.2) is 4.79 Å². The van der Waals surface area contributed by atoms with Crippen molar-refractivity contribution in [1.29, 1.82) is 0 Å². The molecule has 14 heteroatoms. The maximum Gasteiger partial charge on any atom is 0.490 e. The summed E-state index contributed by atoms with van der Waals surface area (Å²) < 4.78 is 31.7. The first-order valence-electron chi connectivity index (χ1n) is 12.9. The molecule has 3 amide bonds. The van der Waals surface area contributed by atoms with Crippen molar-refractivity contribution >= 4 is 46.9 Å². The number of aliphatic carboxylic acids is 1. The van der Waals surface area contributed by atoms with Gasteiger partial charge in [-0.05, 0) is 48.2 Å². The molecule has 4 rings (SSSR count). The number of rotatable bonds is 8. The molecule has 1 aliphatic heterocycles. The Morgan fingerprint density at radius 3 is 2.30 bits per heavy atom. The summed E-state index contributed by atoms with van der Waals surface area (Å²) in [5, 5.41) is 13.5. The Hall–Kier alpha value is -4.16. The molecule has 2 heterocycles. The van der Waals surface area contributed by atoms with Crippen LogP contribution in [0.5, 0.6) is 0 Å². The number of alkyl halides is 3. The maximum absolute atomic E-state index is 13.7. The number of carbonyl (C=O) groups excluding carboxylic acids is 3. The Bertz CT molecular complexity index is 1430. The number of benzene rings is 2. The first-order chi connectivity index (χ1) is 20.4. The Labute approximate surface area is 255 Å². The molecule has 0 radical (unpaired) electrons. The van der Waals surface area contributed by atoms with Gasteiger partial charge >= 0.3 is 12.1 Å². The third kappa shape index (κ3) is 9.97. The lowest BCUT2D eigenvalue weighted by molar-refractivity contribution is -0.192. The van der Waals surface area contributed by atoms with Crippen LogP contribution in [0.1, 0.15) is 34.3 Å². The molecule has 0 unspecified atom stereocenters. The molecule has 0 aliphatic carbocycles. The number of carboxylic acid groups (broad SMARTS) is 1. The second kappa shape index (κ2) is 15.4. The van der Waals surface area contributed by atoms with E-state index in [1.165, 1.54) is 12.1 Å². The van der Waals surface area contributed by atoms with Crippen LogP contribution in [0.4, 0.5) is 13.2 Å². The normalized spacial score (nSPS) is 15.1. The van der Waals surface area contributed by atoms with Gasteiger partial charge in [-0.2, -0.15) is 13.2 Å². The number of nitrogens with zero attached hydrogens (tertiary/aromatic N) is 2. The summed E-state index contributed by atoms with van der Waals surface area (Å²) in [6, 6.07) is 16.2. The van der Waals surface area contributed by atoms with E-state index in [4.69, 9.17) is 33.1 Å². The molecule has 3 N–H and O–H groups in total. The number of likely N-dealkylation sites (tertiary alicyclic amines) is 1. The molecule has 1 saturated heterocycles. The topological polar surface area (TPSA) is 129 Å². The molecule has 0 saturated carbocycles. The minimum absolute atomic E-state index is 0.187. The lowest BCUT2D eigenvalue weighted by Gasteiger charge is -2.29. The zero-order valence-corrected chi connectivity index (χ0v) is 24.0. The van der Waals surface area contributed by atoms with Crippen molar-refractivity contribution < 1.29 is 37.5 Å². The highest BCUT2D eigenvalue weighted by Gasteiger charge is 2.39. The molecule has 1 aromatic heterocycles. The summed E-state index contributed by atoms with van der Waals surface area (Å²) in [6.45, 7) is 0.812. The van der Waals surface area contributed by atoms with Gasteiger partial charge in [0, 0.05) is 36.9 Å². The standard InChI is InChI=1S/C27H26Cl2N4O3.C2HF3O2/c28-20-10-11-21(22(29)15-20)25(34)32-23(14-19-8-4-12-30-16-19)27(36)33-13-5-9-24(33)26(35)31-17-18-6-2-1-3-7-18;3-2(4,5)1(6)7/h1-4,6-8,10-12,15-16,23-24H,5,9,13-14,17H2,(H,31,35)(H,32,34);(H,6,7)/t23-,24-;/m0./s1. The van der Waals surface area contributed by atoms with Gasteiger partial charge in [-0.15, -0.1) is 0 Å². The molecular formula is C29H27Cl2F3N4O5. The molecule has 0 bridgehead atoms. The van der Waals surface area contributed by atoms with E-state index in [9.17, 15) is 27.6 Å². The van der Waals surface area contributed by atoms with Crippen molar-refractivity contribution in [2.24, 2.45) is 0 Å². The summed E-state index contributed by atoms with van der Waals surface area (Å²) in [6.07, 6.45) is -0.317. The average molecular weight is 639 g/mol. The summed E-state index contributed by atoms with van der Waals surface area (Å²) in [5.41, 5.74) is 1.97. The van der Waals surface area contributed by atoms with Crippen LogP contribution < -0.4 is 10.6 Å². The highest BCUT2D eigenvalue weighted by Crippen LogP contribution is 2.23. The zero-order valence-electron chi connectivity index (χ0n) is 22.5. The Kier molecular flexibility index (Phi) is 11.9. The van der Waals surface area contributed by atoms with Gasteiger partial charge in [-0.1, -0.05) is 59.6 Å². The number of aromatic nitrogens is 1. The molecule has 9 nitrogen and oxygen atoms in total. The molecule has 43 heavy (non-hydrogen) atoms. The van der Waals surface area contributed by atoms with E-state index in [0.717, 1.165) is 11.1 Å². The third-order valence-electron chi connectivity index (χ3n) is 6.33. The van der Waals surface area contributed by atoms with Crippen LogP contribution in [0, 0.1) is 0 Å². The van der Waals surface area contributed by atoms with Gasteiger partial charge in [-0.3, -0.25) is 19.4 Å². The Morgan fingerprint density at radius 2 is 1.70 bits per heavy atom. The lowest BCUT2D eigenvalue weighted by Crippen LogP contribution is -2.54. The highest BCUT2D eigenvalue weighted by atomic mass is 35.5. The molecule has 2 atom stereocenters. The monoisotopic (exact) mass is 638 g/mol. The quantitative estimate of drug-likeness (QED) is 0.329. The predicted octanol–water partition coefficient (Wildman–Crippen LogP) is 4.67. The maximum atomic E-state index is 13.7. The van der Waals surface area contributed by atoms with E-state index < -0.39 is 30.1 Å². The zero-order chi connectivity index (χ0) is 31.6. The van der Waals surface area contributed by atoms with Gasteiger partial charge < -0.3 is 20.6 Å². The first-order valence-corrected chi connectivity index (χ1v) is 13.7. The first kappa shape index (κ1) is 33.3. The molecule has 228 valence electrons. The van der Waals surface area contributed by atoms with Crippen molar-refractivity contribution in [3.8, 4) is 0 Å². The van der Waals surface area contributed by atoms with Crippen LogP contribution in [0.2, 0.25) is 10.0 Å². The molecule has 0 spiro atoms. The van der Waals surface area contributed by atoms with E-state index in [-0.39, 0.29) is 28.8 Å². The summed E-state index contributed by atoms with van der Waals surface area (Å²) in [5.74, 6) is -3.79. The molecule has 2 aromatic carbocycles. The minimum atomic E-state index is -5.08. The Balaban J connectivity index is 0.000000646. The summed E-state index contributed by atoms with van der Waals surface area (Å²) in [7, 11) is 0. The van der Waals surface area contributed by atoms with E-state index >= 15 is 0 Å². The Morgan fingerprint density at radius 1 is 1.02 bits per heavy atom. The fourth-order valence-corrected chi connectivity index (χ4v) is 4.76. The smallest absolute Gasteiger partial charge is 0.475 e. The van der Waals surface area contributed by atoms with E-state index in [2.05, 4.69) is 15.6 Å². The van der Waals surface area contributed by atoms with Gasteiger partial charge in [0.2, 0.25) is 11.8 Å². The van der Waals surface area contributed by atoms with Crippen molar-refractivity contribution in [3.05, 3.63) is 99.8 Å². The second-order valence-electron chi connectivity index (χ2n) is 9.41. The largest absolute Gasteiger partial charge is 0.490 e. The number of carbonyl (C=O) groups is 4. The molecule has 1 aliphatic rings. The summed E-state index contributed by atoms with van der Waals surface area (Å²) in [4.78, 5) is 54.3. The van der Waals surface area contributed by atoms with Crippen LogP contribution in [-0.4, -0.2) is 63.5 Å². The lowest BCUT2D eigenvalue weighted by atomic mass is 10.0. The van der Waals surface area contributed by atoms with Gasteiger partial charge in [0.05, 0.1) is 10.6 Å². The number of pyridine rings is 1. The number of hydrogen-bond donors (Lipinski definition) is 3. The molecular weight excluding hydrogens is 612 g/mol.